The molecule has 0 heterocycles. The van der Waals surface area contributed by atoms with Crippen LogP contribution in [-0.2, 0) is 11.3 Å². The first-order valence-corrected chi connectivity index (χ1v) is 7.87. The average Bonchev–Trinajstić information content (AvgIpc) is 3.25. The fourth-order valence-electron chi connectivity index (χ4n) is 3.27. The van der Waals surface area contributed by atoms with E-state index in [0.29, 0.717) is 12.6 Å². The van der Waals surface area contributed by atoms with Crippen molar-refractivity contribution in [2.24, 2.45) is 11.7 Å². The maximum atomic E-state index is 12.8. The standard InChI is InChI=1S/C17H24N2O2.ClH/c1-21-16-5-3-2-4-13(16)11-19(15-8-9-15)17(20)12-6-7-14(18)10-12;/h2-5,12,14-15H,6-11,18H2,1H3;1H. The van der Waals surface area contributed by atoms with Crippen LogP contribution in [0.2, 0.25) is 0 Å². The van der Waals surface area contributed by atoms with E-state index in [2.05, 4.69) is 4.90 Å². The van der Waals surface area contributed by atoms with Gasteiger partial charge in [-0.1, -0.05) is 18.2 Å². The Morgan fingerprint density at radius 2 is 2.00 bits per heavy atom. The average molecular weight is 325 g/mol. The quantitative estimate of drug-likeness (QED) is 0.906. The SMILES string of the molecule is COc1ccccc1CN(C(=O)C1CCC(N)C1)C1CC1.Cl. The highest BCUT2D eigenvalue weighted by Crippen LogP contribution is 2.34. The van der Waals surface area contributed by atoms with Gasteiger partial charge in [-0.25, -0.2) is 0 Å². The van der Waals surface area contributed by atoms with E-state index in [4.69, 9.17) is 10.5 Å². The molecule has 1 amide bonds. The minimum absolute atomic E-state index is 0. The summed E-state index contributed by atoms with van der Waals surface area (Å²) >= 11 is 0. The zero-order valence-electron chi connectivity index (χ0n) is 13.0. The molecule has 3 rings (SSSR count). The number of ether oxygens (including phenoxy) is 1. The van der Waals surface area contributed by atoms with Gasteiger partial charge in [-0.15, -0.1) is 12.4 Å². The van der Waals surface area contributed by atoms with Crippen molar-refractivity contribution in [1.29, 1.82) is 0 Å². The van der Waals surface area contributed by atoms with Gasteiger partial charge in [-0.3, -0.25) is 4.79 Å². The first kappa shape index (κ1) is 17.1. The lowest BCUT2D eigenvalue weighted by Crippen LogP contribution is -2.37. The number of carbonyl (C=O) groups is 1. The Kier molecular flexibility index (Phi) is 5.70. The Labute approximate surface area is 138 Å². The van der Waals surface area contributed by atoms with Crippen molar-refractivity contribution in [3.63, 3.8) is 0 Å². The number of rotatable bonds is 5. The first-order valence-electron chi connectivity index (χ1n) is 7.87. The van der Waals surface area contributed by atoms with Crippen molar-refractivity contribution in [3.05, 3.63) is 29.8 Å². The van der Waals surface area contributed by atoms with Crippen LogP contribution in [0.3, 0.4) is 0 Å². The van der Waals surface area contributed by atoms with Crippen LogP contribution in [0.25, 0.3) is 0 Å². The van der Waals surface area contributed by atoms with Crippen LogP contribution in [0.1, 0.15) is 37.7 Å². The minimum Gasteiger partial charge on any atom is -0.496 e. The summed E-state index contributed by atoms with van der Waals surface area (Å²) in [6.07, 6.45) is 5.01. The van der Waals surface area contributed by atoms with Gasteiger partial charge in [0.05, 0.1) is 7.11 Å². The van der Waals surface area contributed by atoms with Crippen LogP contribution in [0.5, 0.6) is 5.75 Å². The molecule has 0 bridgehead atoms. The fourth-order valence-corrected chi connectivity index (χ4v) is 3.27. The maximum Gasteiger partial charge on any atom is 0.226 e. The predicted molar refractivity (Wildman–Crippen MR) is 89.1 cm³/mol. The molecule has 2 aliphatic rings. The molecule has 2 saturated carbocycles. The molecule has 122 valence electrons. The Balaban J connectivity index is 0.00000176. The molecule has 2 N–H and O–H groups in total. The third-order valence-electron chi connectivity index (χ3n) is 4.63. The lowest BCUT2D eigenvalue weighted by atomic mass is 10.1. The molecule has 0 spiro atoms. The number of nitrogens with zero attached hydrogens (tertiary/aromatic N) is 1. The zero-order valence-corrected chi connectivity index (χ0v) is 13.8. The highest BCUT2D eigenvalue weighted by Gasteiger charge is 2.38. The molecule has 0 radical (unpaired) electrons. The molecule has 1 aromatic rings. The van der Waals surface area contributed by atoms with E-state index in [0.717, 1.165) is 43.4 Å². The van der Waals surface area contributed by atoms with Gasteiger partial charge in [-0.2, -0.15) is 0 Å². The van der Waals surface area contributed by atoms with Crippen molar-refractivity contribution >= 4 is 18.3 Å². The minimum atomic E-state index is 0. The van der Waals surface area contributed by atoms with E-state index in [1.807, 2.05) is 24.3 Å². The summed E-state index contributed by atoms with van der Waals surface area (Å²) in [5, 5.41) is 0. The summed E-state index contributed by atoms with van der Waals surface area (Å²) < 4.78 is 5.41. The Hall–Kier alpha value is -1.26. The second-order valence-electron chi connectivity index (χ2n) is 6.28. The molecule has 2 aliphatic carbocycles. The summed E-state index contributed by atoms with van der Waals surface area (Å²) in [4.78, 5) is 14.9. The molecule has 0 saturated heterocycles. The highest BCUT2D eigenvalue weighted by atomic mass is 35.5. The Bertz CT molecular complexity index is 519. The normalized spacial score (nSPS) is 23.7. The molecule has 2 fully saturated rings. The van der Waals surface area contributed by atoms with Crippen LogP contribution in [0.4, 0.5) is 0 Å². The number of para-hydroxylation sites is 1. The van der Waals surface area contributed by atoms with Crippen LogP contribution in [0.15, 0.2) is 24.3 Å². The van der Waals surface area contributed by atoms with Gasteiger partial charge in [0.15, 0.2) is 0 Å². The second kappa shape index (κ2) is 7.34. The van der Waals surface area contributed by atoms with Gasteiger partial charge < -0.3 is 15.4 Å². The van der Waals surface area contributed by atoms with E-state index in [1.165, 1.54) is 0 Å². The number of methoxy groups -OCH3 is 1. The topological polar surface area (TPSA) is 55.6 Å². The van der Waals surface area contributed by atoms with Crippen LogP contribution in [-0.4, -0.2) is 30.0 Å². The molecule has 2 unspecified atom stereocenters. The van der Waals surface area contributed by atoms with Crippen molar-refractivity contribution < 1.29 is 9.53 Å². The van der Waals surface area contributed by atoms with Crippen LogP contribution >= 0.6 is 12.4 Å². The molecule has 5 heteroatoms. The molecule has 4 nitrogen and oxygen atoms in total. The number of amides is 1. The van der Waals surface area contributed by atoms with E-state index >= 15 is 0 Å². The van der Waals surface area contributed by atoms with Crippen LogP contribution < -0.4 is 10.5 Å². The molecule has 2 atom stereocenters. The molecule has 22 heavy (non-hydrogen) atoms. The lowest BCUT2D eigenvalue weighted by molar-refractivity contribution is -0.136. The number of hydrogen-bond donors (Lipinski definition) is 1. The van der Waals surface area contributed by atoms with Gasteiger partial charge in [0.1, 0.15) is 5.75 Å². The summed E-state index contributed by atoms with van der Waals surface area (Å²) in [5.41, 5.74) is 7.05. The Morgan fingerprint density at radius 3 is 2.59 bits per heavy atom. The van der Waals surface area contributed by atoms with Crippen molar-refractivity contribution in [1.82, 2.24) is 4.90 Å². The van der Waals surface area contributed by atoms with Gasteiger partial charge in [0.2, 0.25) is 5.91 Å². The van der Waals surface area contributed by atoms with E-state index in [1.54, 1.807) is 7.11 Å². The number of hydrogen-bond acceptors (Lipinski definition) is 3. The third kappa shape index (κ3) is 3.73. The molecule has 0 aromatic heterocycles. The van der Waals surface area contributed by atoms with Gasteiger partial charge in [0, 0.05) is 30.1 Å². The van der Waals surface area contributed by atoms with Crippen molar-refractivity contribution in [2.45, 2.75) is 50.7 Å². The molecular weight excluding hydrogens is 300 g/mol. The van der Waals surface area contributed by atoms with Crippen molar-refractivity contribution in [3.8, 4) is 5.75 Å². The number of carbonyl (C=O) groups excluding carboxylic acids is 1. The summed E-state index contributed by atoms with van der Waals surface area (Å²) in [6.45, 7) is 0.652. The van der Waals surface area contributed by atoms with E-state index in [-0.39, 0.29) is 30.3 Å². The van der Waals surface area contributed by atoms with E-state index in [9.17, 15) is 4.79 Å². The molecule has 1 aromatic carbocycles. The van der Waals surface area contributed by atoms with Crippen LogP contribution in [0, 0.1) is 5.92 Å². The lowest BCUT2D eigenvalue weighted by Gasteiger charge is -2.26. The monoisotopic (exact) mass is 324 g/mol. The fraction of sp³-hybridized carbons (Fsp3) is 0.588. The Morgan fingerprint density at radius 1 is 1.27 bits per heavy atom. The predicted octanol–water partition coefficient (Wildman–Crippen LogP) is 2.74. The summed E-state index contributed by atoms with van der Waals surface area (Å²) in [7, 11) is 1.68. The summed E-state index contributed by atoms with van der Waals surface area (Å²) in [6, 6.07) is 8.57. The smallest absolute Gasteiger partial charge is 0.226 e. The number of benzene rings is 1. The third-order valence-corrected chi connectivity index (χ3v) is 4.63. The summed E-state index contributed by atoms with van der Waals surface area (Å²) in [5.74, 6) is 1.27. The van der Waals surface area contributed by atoms with E-state index < -0.39 is 0 Å². The highest BCUT2D eigenvalue weighted by molar-refractivity contribution is 5.85. The van der Waals surface area contributed by atoms with Gasteiger partial charge in [-0.05, 0) is 38.2 Å². The number of nitrogens with two attached hydrogens (primary N) is 1. The number of halogens is 1. The zero-order chi connectivity index (χ0) is 14.8. The maximum absolute atomic E-state index is 12.8. The van der Waals surface area contributed by atoms with Crippen molar-refractivity contribution in [2.75, 3.05) is 7.11 Å². The largest absolute Gasteiger partial charge is 0.496 e. The molecular formula is C17H25ClN2O2. The molecule has 0 aliphatic heterocycles. The van der Waals surface area contributed by atoms with Gasteiger partial charge >= 0.3 is 0 Å². The second-order valence-corrected chi connectivity index (χ2v) is 6.28. The first-order chi connectivity index (χ1) is 10.2. The van der Waals surface area contributed by atoms with Gasteiger partial charge in [0.25, 0.3) is 0 Å².